The number of nitrogens with two attached hydrogens (primary N) is 1. The number of oxime groups is 1. The number of carbonyl (C=O) groups is 3. The van der Waals surface area contributed by atoms with Crippen molar-refractivity contribution in [3.8, 4) is 0 Å². The van der Waals surface area contributed by atoms with E-state index in [-0.39, 0.29) is 22.9 Å². The zero-order valence-electron chi connectivity index (χ0n) is 19.0. The van der Waals surface area contributed by atoms with Crippen molar-refractivity contribution in [3.05, 3.63) is 64.9 Å². The van der Waals surface area contributed by atoms with Crippen molar-refractivity contribution in [1.29, 1.82) is 0 Å². The molecular weight excluding hydrogens is 504 g/mol. The van der Waals surface area contributed by atoms with Crippen LogP contribution in [0.2, 0.25) is 0 Å². The van der Waals surface area contributed by atoms with Crippen molar-refractivity contribution in [2.45, 2.75) is 18.0 Å². The minimum absolute atomic E-state index is 0.0442. The van der Waals surface area contributed by atoms with Crippen molar-refractivity contribution in [1.82, 2.24) is 15.2 Å². The molecule has 0 aromatic carbocycles. The van der Waals surface area contributed by atoms with Gasteiger partial charge >= 0.3 is 5.97 Å². The predicted octanol–water partition coefficient (Wildman–Crippen LogP) is 0.955. The SMILES string of the molecule is CO/N=C(/C(=O)NC1C(=O)N2C(C(=O)O)=C(C[n+]3cccc4sccc43)CSC12)c1cccc(N)n1. The van der Waals surface area contributed by atoms with Crippen molar-refractivity contribution >= 4 is 62.6 Å². The lowest BCUT2D eigenvalue weighted by atomic mass is 10.0. The van der Waals surface area contributed by atoms with Gasteiger partial charge in [0.25, 0.3) is 11.8 Å². The Balaban J connectivity index is 1.38. The van der Waals surface area contributed by atoms with E-state index in [0.29, 0.717) is 17.9 Å². The fraction of sp³-hybridized carbons (Fsp3) is 0.217. The largest absolute Gasteiger partial charge is 0.477 e. The average Bonchev–Trinajstić information content (AvgIpc) is 3.35. The molecule has 5 heterocycles. The standard InChI is InChI=1S/C23H20N6O5S2/c1-34-27-17(13-4-2-6-16(24)25-13)20(30)26-18-21(31)29-19(23(32)33)12(11-36-22(18)29)10-28-8-3-5-15-14(28)7-9-35-15/h2-9,18,22H,10-11H2,1H3,(H3-,24,25,26,30,32,33)/p+1/b27-17+. The molecule has 2 aliphatic rings. The second-order valence-electron chi connectivity index (χ2n) is 7.99. The third-order valence-electron chi connectivity index (χ3n) is 5.80. The minimum Gasteiger partial charge on any atom is -0.477 e. The number of carbonyl (C=O) groups excluding carboxylic acids is 2. The van der Waals surface area contributed by atoms with Gasteiger partial charge in [0.15, 0.2) is 18.5 Å². The number of aliphatic carboxylic acids is 1. The Morgan fingerprint density at radius 2 is 2.17 bits per heavy atom. The van der Waals surface area contributed by atoms with Crippen LogP contribution in [0.5, 0.6) is 0 Å². The summed E-state index contributed by atoms with van der Waals surface area (Å²) >= 11 is 3.00. The van der Waals surface area contributed by atoms with Crippen LogP contribution < -0.4 is 15.6 Å². The normalized spacial score (nSPS) is 19.6. The Labute approximate surface area is 213 Å². The Morgan fingerprint density at radius 1 is 1.33 bits per heavy atom. The highest BCUT2D eigenvalue weighted by Crippen LogP contribution is 2.40. The van der Waals surface area contributed by atoms with Crippen LogP contribution in [0.25, 0.3) is 10.2 Å². The third kappa shape index (κ3) is 4.16. The number of rotatable bonds is 7. The number of hydrogen-bond donors (Lipinski definition) is 3. The monoisotopic (exact) mass is 525 g/mol. The lowest BCUT2D eigenvalue weighted by molar-refractivity contribution is -0.663. The number of pyridine rings is 2. The van der Waals surface area contributed by atoms with Gasteiger partial charge in [0.1, 0.15) is 35.7 Å². The molecule has 1 saturated heterocycles. The molecule has 2 unspecified atom stereocenters. The molecule has 3 aromatic rings. The van der Waals surface area contributed by atoms with Crippen LogP contribution in [0, 0.1) is 0 Å². The molecule has 13 heteroatoms. The first-order valence-corrected chi connectivity index (χ1v) is 12.7. The van der Waals surface area contributed by atoms with Gasteiger partial charge in [-0.3, -0.25) is 14.5 Å². The third-order valence-corrected chi connectivity index (χ3v) is 8.02. The number of anilines is 1. The summed E-state index contributed by atoms with van der Waals surface area (Å²) in [5.74, 6) is -1.78. The zero-order valence-corrected chi connectivity index (χ0v) is 20.6. The molecule has 11 nitrogen and oxygen atoms in total. The maximum absolute atomic E-state index is 13.1. The first-order chi connectivity index (χ1) is 17.4. The molecule has 4 N–H and O–H groups in total. The van der Waals surface area contributed by atoms with Gasteiger partial charge in [-0.25, -0.2) is 9.78 Å². The van der Waals surface area contributed by atoms with Crippen LogP contribution in [-0.4, -0.2) is 62.8 Å². The summed E-state index contributed by atoms with van der Waals surface area (Å²) in [7, 11) is 1.28. The number of amides is 2. The van der Waals surface area contributed by atoms with E-state index < -0.39 is 29.2 Å². The highest BCUT2D eigenvalue weighted by Gasteiger charge is 2.54. The van der Waals surface area contributed by atoms with Crippen LogP contribution in [-0.2, 0) is 25.8 Å². The highest BCUT2D eigenvalue weighted by molar-refractivity contribution is 8.00. The molecule has 0 bridgehead atoms. The number of carboxylic acids is 1. The molecule has 0 spiro atoms. The Kier molecular flexibility index (Phi) is 6.33. The molecule has 2 atom stereocenters. The van der Waals surface area contributed by atoms with Gasteiger partial charge in [0.2, 0.25) is 5.52 Å². The zero-order chi connectivity index (χ0) is 25.4. The molecule has 36 heavy (non-hydrogen) atoms. The molecule has 3 aromatic heterocycles. The summed E-state index contributed by atoms with van der Waals surface area (Å²) in [4.78, 5) is 48.4. The highest BCUT2D eigenvalue weighted by atomic mass is 32.2. The Hall–Kier alpha value is -3.97. The smallest absolute Gasteiger partial charge is 0.352 e. The van der Waals surface area contributed by atoms with E-state index in [4.69, 9.17) is 10.6 Å². The van der Waals surface area contributed by atoms with Gasteiger partial charge in [0.05, 0.1) is 4.70 Å². The number of β-lactam (4-membered cyclic amide) rings is 1. The van der Waals surface area contributed by atoms with Crippen molar-refractivity contribution in [2.75, 3.05) is 18.6 Å². The summed E-state index contributed by atoms with van der Waals surface area (Å²) in [6.07, 6.45) is 1.89. The number of nitrogens with zero attached hydrogens (tertiary/aromatic N) is 4. The van der Waals surface area contributed by atoms with Crippen molar-refractivity contribution < 1.29 is 28.9 Å². The Morgan fingerprint density at radius 3 is 2.92 bits per heavy atom. The van der Waals surface area contributed by atoms with Gasteiger partial charge in [-0.15, -0.1) is 23.1 Å². The lowest BCUT2D eigenvalue weighted by Gasteiger charge is -2.49. The lowest BCUT2D eigenvalue weighted by Crippen LogP contribution is -2.71. The predicted molar refractivity (Wildman–Crippen MR) is 134 cm³/mol. The molecule has 2 aliphatic heterocycles. The van der Waals surface area contributed by atoms with Crippen LogP contribution >= 0.6 is 23.1 Å². The van der Waals surface area contributed by atoms with E-state index in [0.717, 1.165) is 10.2 Å². The molecule has 0 radical (unpaired) electrons. The van der Waals surface area contributed by atoms with Crippen molar-refractivity contribution in [3.63, 3.8) is 0 Å². The molecule has 1 fully saturated rings. The summed E-state index contributed by atoms with van der Waals surface area (Å²) < 4.78 is 3.06. The molecule has 5 rings (SSSR count). The Bertz CT molecular complexity index is 1450. The molecule has 2 amide bonds. The number of thioether (sulfide) groups is 1. The average molecular weight is 526 g/mol. The maximum Gasteiger partial charge on any atom is 0.352 e. The number of fused-ring (bicyclic) bond motifs is 2. The van der Waals surface area contributed by atoms with Crippen molar-refractivity contribution in [2.24, 2.45) is 5.16 Å². The number of aromatic nitrogens is 2. The quantitative estimate of drug-likeness (QED) is 0.179. The molecule has 184 valence electrons. The van der Waals surface area contributed by atoms with E-state index in [1.165, 1.54) is 23.8 Å². The number of nitrogens with one attached hydrogen (secondary N) is 1. The van der Waals surface area contributed by atoms with Gasteiger partial charge in [-0.1, -0.05) is 11.2 Å². The topological polar surface area (TPSA) is 151 Å². The fourth-order valence-corrected chi connectivity index (χ4v) is 6.37. The van der Waals surface area contributed by atoms with E-state index in [1.54, 1.807) is 29.5 Å². The minimum atomic E-state index is -1.18. The number of nitrogen functional groups attached to an aromatic ring is 1. The van der Waals surface area contributed by atoms with E-state index >= 15 is 0 Å². The van der Waals surface area contributed by atoms with Crippen LogP contribution in [0.1, 0.15) is 5.69 Å². The number of thiophene rings is 1. The van der Waals surface area contributed by atoms with Gasteiger partial charge in [-0.05, 0) is 23.6 Å². The van der Waals surface area contributed by atoms with Crippen LogP contribution in [0.3, 0.4) is 0 Å². The summed E-state index contributed by atoms with van der Waals surface area (Å²) in [5.41, 5.74) is 7.32. The van der Waals surface area contributed by atoms with Crippen LogP contribution in [0.4, 0.5) is 5.82 Å². The van der Waals surface area contributed by atoms with E-state index in [9.17, 15) is 19.5 Å². The fourth-order valence-electron chi connectivity index (χ4n) is 4.23. The van der Waals surface area contributed by atoms with Gasteiger partial charge in [0, 0.05) is 23.5 Å². The number of hydrogen-bond acceptors (Lipinski definition) is 9. The van der Waals surface area contributed by atoms with E-state index in [1.807, 2.05) is 34.3 Å². The second kappa shape index (κ2) is 9.59. The first kappa shape index (κ1) is 23.8. The van der Waals surface area contributed by atoms with Gasteiger partial charge in [-0.2, -0.15) is 4.57 Å². The molecular formula is C23H21N6O5S2+. The second-order valence-corrected chi connectivity index (χ2v) is 10.0. The molecule has 0 aliphatic carbocycles. The number of carboxylic acid groups (broad SMARTS) is 1. The first-order valence-electron chi connectivity index (χ1n) is 10.8. The summed E-state index contributed by atoms with van der Waals surface area (Å²) in [5, 5.41) is 17.8. The summed E-state index contributed by atoms with van der Waals surface area (Å²) in [6, 6.07) is 9.69. The summed E-state index contributed by atoms with van der Waals surface area (Å²) in [6.45, 7) is 0.335. The molecule has 0 saturated carbocycles. The van der Waals surface area contributed by atoms with Crippen LogP contribution in [0.15, 0.2) is 64.4 Å². The van der Waals surface area contributed by atoms with E-state index in [2.05, 4.69) is 15.5 Å². The van der Waals surface area contributed by atoms with Gasteiger partial charge < -0.3 is 21.0 Å². The maximum atomic E-state index is 13.1.